The minimum Gasteiger partial charge on any atom is -0.399 e. The molecule has 3 rings (SSSR count). The van der Waals surface area contributed by atoms with E-state index in [9.17, 15) is 0 Å². The van der Waals surface area contributed by atoms with Crippen LogP contribution in [0.15, 0.2) is 18.2 Å². The molecule has 3 nitrogen and oxygen atoms in total. The Morgan fingerprint density at radius 1 is 1.35 bits per heavy atom. The van der Waals surface area contributed by atoms with E-state index in [4.69, 9.17) is 10.7 Å². The van der Waals surface area contributed by atoms with Crippen LogP contribution < -0.4 is 5.73 Å². The number of imidazole rings is 1. The standard InChI is InChI=1S/C17H25N3/c1-11(17(2,3)4)10-20-15-8-7-13(18)9-14(15)19-16(20)12-5-6-12/h7-9,11-12H,5-6,10,18H2,1-4H3. The molecule has 108 valence electrons. The topological polar surface area (TPSA) is 43.8 Å². The molecule has 20 heavy (non-hydrogen) atoms. The summed E-state index contributed by atoms with van der Waals surface area (Å²) in [5.41, 5.74) is 9.29. The molecule has 2 N–H and O–H groups in total. The van der Waals surface area contributed by atoms with Crippen LogP contribution in [-0.4, -0.2) is 9.55 Å². The van der Waals surface area contributed by atoms with Gasteiger partial charge in [-0.3, -0.25) is 0 Å². The maximum atomic E-state index is 5.90. The monoisotopic (exact) mass is 271 g/mol. The lowest BCUT2D eigenvalue weighted by Gasteiger charge is -2.28. The van der Waals surface area contributed by atoms with Crippen molar-refractivity contribution in [3.63, 3.8) is 0 Å². The average molecular weight is 271 g/mol. The molecule has 0 amide bonds. The second-order valence-electron chi connectivity index (χ2n) is 7.37. The van der Waals surface area contributed by atoms with E-state index in [1.165, 1.54) is 24.2 Å². The second kappa shape index (κ2) is 4.51. The zero-order valence-corrected chi connectivity index (χ0v) is 13.0. The van der Waals surface area contributed by atoms with Crippen molar-refractivity contribution < 1.29 is 0 Å². The van der Waals surface area contributed by atoms with Crippen molar-refractivity contribution in [1.82, 2.24) is 9.55 Å². The molecule has 1 aromatic carbocycles. The molecule has 1 fully saturated rings. The molecule has 3 heteroatoms. The highest BCUT2D eigenvalue weighted by Crippen LogP contribution is 2.41. The molecule has 0 spiro atoms. The van der Waals surface area contributed by atoms with Gasteiger partial charge in [0.2, 0.25) is 0 Å². The lowest BCUT2D eigenvalue weighted by Crippen LogP contribution is -2.23. The van der Waals surface area contributed by atoms with Crippen LogP contribution in [-0.2, 0) is 6.54 Å². The van der Waals surface area contributed by atoms with Gasteiger partial charge in [0.15, 0.2) is 0 Å². The minimum atomic E-state index is 0.311. The summed E-state index contributed by atoms with van der Waals surface area (Å²) in [4.78, 5) is 4.85. The Morgan fingerprint density at radius 3 is 2.65 bits per heavy atom. The smallest absolute Gasteiger partial charge is 0.113 e. The molecule has 0 radical (unpaired) electrons. The third-order valence-electron chi connectivity index (χ3n) is 4.68. The maximum Gasteiger partial charge on any atom is 0.113 e. The van der Waals surface area contributed by atoms with Gasteiger partial charge in [-0.15, -0.1) is 0 Å². The van der Waals surface area contributed by atoms with E-state index in [-0.39, 0.29) is 0 Å². The van der Waals surface area contributed by atoms with Crippen molar-refractivity contribution >= 4 is 16.7 Å². The van der Waals surface area contributed by atoms with Crippen LogP contribution in [0.2, 0.25) is 0 Å². The molecule has 1 atom stereocenters. The highest BCUT2D eigenvalue weighted by Gasteiger charge is 2.31. The Balaban J connectivity index is 2.05. The van der Waals surface area contributed by atoms with Crippen LogP contribution in [0.4, 0.5) is 5.69 Å². The molecule has 1 heterocycles. The summed E-state index contributed by atoms with van der Waals surface area (Å²) in [5, 5.41) is 0. The van der Waals surface area contributed by atoms with Crippen LogP contribution in [0, 0.1) is 11.3 Å². The number of nitrogen functional groups attached to an aromatic ring is 1. The van der Waals surface area contributed by atoms with Crippen molar-refractivity contribution in [3.05, 3.63) is 24.0 Å². The number of hydrogen-bond acceptors (Lipinski definition) is 2. The van der Waals surface area contributed by atoms with E-state index in [2.05, 4.69) is 38.3 Å². The lowest BCUT2D eigenvalue weighted by atomic mass is 9.82. The average Bonchev–Trinajstić information content (AvgIpc) is 3.12. The first-order chi connectivity index (χ1) is 9.36. The number of anilines is 1. The zero-order chi connectivity index (χ0) is 14.5. The van der Waals surface area contributed by atoms with Crippen molar-refractivity contribution in [2.75, 3.05) is 5.73 Å². The Labute approximate surface area is 121 Å². The summed E-state index contributed by atoms with van der Waals surface area (Å²) >= 11 is 0. The van der Waals surface area contributed by atoms with Gasteiger partial charge in [-0.25, -0.2) is 4.98 Å². The largest absolute Gasteiger partial charge is 0.399 e. The number of nitrogens with zero attached hydrogens (tertiary/aromatic N) is 2. The highest BCUT2D eigenvalue weighted by atomic mass is 15.1. The van der Waals surface area contributed by atoms with Crippen molar-refractivity contribution in [2.45, 2.75) is 53.0 Å². The molecule has 0 saturated heterocycles. The van der Waals surface area contributed by atoms with E-state index in [0.717, 1.165) is 17.7 Å². The van der Waals surface area contributed by atoms with E-state index < -0.39 is 0 Å². The summed E-state index contributed by atoms with van der Waals surface area (Å²) in [6.45, 7) is 10.3. The van der Waals surface area contributed by atoms with E-state index >= 15 is 0 Å². The molecule has 2 aromatic rings. The van der Waals surface area contributed by atoms with Crippen molar-refractivity contribution in [1.29, 1.82) is 0 Å². The fraction of sp³-hybridized carbons (Fsp3) is 0.588. The maximum absolute atomic E-state index is 5.90. The Morgan fingerprint density at radius 2 is 2.05 bits per heavy atom. The molecule has 0 bridgehead atoms. The molecular formula is C17H25N3. The summed E-state index contributed by atoms with van der Waals surface area (Å²) in [6.07, 6.45) is 2.56. The van der Waals surface area contributed by atoms with Gasteiger partial charge in [-0.1, -0.05) is 27.7 Å². The summed E-state index contributed by atoms with van der Waals surface area (Å²) in [7, 11) is 0. The van der Waals surface area contributed by atoms with Gasteiger partial charge in [0.05, 0.1) is 11.0 Å². The van der Waals surface area contributed by atoms with Gasteiger partial charge in [-0.05, 0) is 42.4 Å². The van der Waals surface area contributed by atoms with Crippen LogP contribution in [0.25, 0.3) is 11.0 Å². The minimum absolute atomic E-state index is 0.311. The SMILES string of the molecule is CC(Cn1c(C2CC2)nc2cc(N)ccc21)C(C)(C)C. The van der Waals surface area contributed by atoms with Gasteiger partial charge < -0.3 is 10.3 Å². The van der Waals surface area contributed by atoms with Gasteiger partial charge in [0, 0.05) is 18.2 Å². The molecule has 1 aliphatic carbocycles. The number of benzene rings is 1. The first kappa shape index (κ1) is 13.5. The lowest BCUT2D eigenvalue weighted by molar-refractivity contribution is 0.233. The fourth-order valence-corrected chi connectivity index (χ4v) is 2.56. The van der Waals surface area contributed by atoms with Crippen molar-refractivity contribution in [3.8, 4) is 0 Å². The number of hydrogen-bond donors (Lipinski definition) is 1. The van der Waals surface area contributed by atoms with Gasteiger partial charge >= 0.3 is 0 Å². The molecule has 1 aliphatic rings. The van der Waals surface area contributed by atoms with Crippen LogP contribution >= 0.6 is 0 Å². The highest BCUT2D eigenvalue weighted by molar-refractivity contribution is 5.79. The Hall–Kier alpha value is -1.51. The van der Waals surface area contributed by atoms with Crippen molar-refractivity contribution in [2.24, 2.45) is 11.3 Å². The number of fused-ring (bicyclic) bond motifs is 1. The van der Waals surface area contributed by atoms with Gasteiger partial charge in [0.25, 0.3) is 0 Å². The second-order valence-corrected chi connectivity index (χ2v) is 7.37. The van der Waals surface area contributed by atoms with Crippen LogP contribution in [0.5, 0.6) is 0 Å². The first-order valence-corrected chi connectivity index (χ1v) is 7.62. The third-order valence-corrected chi connectivity index (χ3v) is 4.68. The van der Waals surface area contributed by atoms with Crippen LogP contribution in [0.1, 0.15) is 52.3 Å². The summed E-state index contributed by atoms with van der Waals surface area (Å²) < 4.78 is 2.43. The molecule has 1 saturated carbocycles. The normalized spacial score (nSPS) is 17.6. The Kier molecular flexibility index (Phi) is 3.03. The van der Waals surface area contributed by atoms with Gasteiger partial charge in [0.1, 0.15) is 5.82 Å². The molecule has 0 aliphatic heterocycles. The molecule has 1 aromatic heterocycles. The molecular weight excluding hydrogens is 246 g/mol. The third kappa shape index (κ3) is 2.41. The number of aromatic nitrogens is 2. The quantitative estimate of drug-likeness (QED) is 0.851. The predicted octanol–water partition coefficient (Wildman–Crippen LogP) is 4.18. The Bertz CT molecular complexity index is 629. The zero-order valence-electron chi connectivity index (χ0n) is 13.0. The fourth-order valence-electron chi connectivity index (χ4n) is 2.56. The van der Waals surface area contributed by atoms with Gasteiger partial charge in [-0.2, -0.15) is 0 Å². The van der Waals surface area contributed by atoms with E-state index in [1.807, 2.05) is 12.1 Å². The first-order valence-electron chi connectivity index (χ1n) is 7.62. The van der Waals surface area contributed by atoms with E-state index in [1.54, 1.807) is 0 Å². The summed E-state index contributed by atoms with van der Waals surface area (Å²) in [6, 6.07) is 6.11. The predicted molar refractivity (Wildman–Crippen MR) is 84.7 cm³/mol. The van der Waals surface area contributed by atoms with E-state index in [0.29, 0.717) is 17.3 Å². The number of nitrogens with two attached hydrogens (primary N) is 1. The summed E-state index contributed by atoms with van der Waals surface area (Å²) in [5.74, 6) is 2.53. The number of rotatable bonds is 3. The molecule has 1 unspecified atom stereocenters. The van der Waals surface area contributed by atoms with Crippen LogP contribution in [0.3, 0.4) is 0 Å².